The summed E-state index contributed by atoms with van der Waals surface area (Å²) in [6.07, 6.45) is 15.1. The van der Waals surface area contributed by atoms with Crippen LogP contribution in [-0.2, 0) is 9.59 Å². The van der Waals surface area contributed by atoms with E-state index in [2.05, 4.69) is 26.6 Å². The van der Waals surface area contributed by atoms with Crippen LogP contribution in [0.15, 0.2) is 0 Å². The molecule has 0 saturated heterocycles. The third-order valence-corrected chi connectivity index (χ3v) is 7.73. The average molecular weight is 371 g/mol. The Hall–Kier alpha value is -0.643. The van der Waals surface area contributed by atoms with Crippen molar-refractivity contribution >= 4 is 19.8 Å². The topological polar surface area (TPSA) is 54.4 Å². The molecule has 0 spiro atoms. The third kappa shape index (κ3) is 14.2. The Kier molecular flexibility index (Phi) is 14.1. The Morgan fingerprint density at radius 2 is 1.20 bits per heavy atom. The van der Waals surface area contributed by atoms with Crippen LogP contribution in [-0.4, -0.2) is 24.9 Å². The Labute approximate surface area is 157 Å². The van der Waals surface area contributed by atoms with E-state index >= 15 is 0 Å². The van der Waals surface area contributed by atoms with E-state index < -0.39 is 14.0 Å². The van der Waals surface area contributed by atoms with E-state index in [1.165, 1.54) is 32.1 Å². The van der Waals surface area contributed by atoms with Crippen LogP contribution in [0.25, 0.3) is 0 Å². The molecule has 0 rings (SSSR count). The predicted octanol–water partition coefficient (Wildman–Crippen LogP) is 6.83. The van der Waals surface area contributed by atoms with Crippen molar-refractivity contribution in [3.8, 4) is 0 Å². The van der Waals surface area contributed by atoms with Gasteiger partial charge in [0.05, 0.1) is 13.6 Å². The number of carbonyl (C=O) groups is 2. The summed E-state index contributed by atoms with van der Waals surface area (Å²) < 4.78 is 0. The Bertz CT molecular complexity index is 361. The van der Waals surface area contributed by atoms with Gasteiger partial charge in [0, 0.05) is 12.8 Å². The van der Waals surface area contributed by atoms with Crippen molar-refractivity contribution in [3.05, 3.63) is 0 Å². The molecule has 4 heteroatoms. The number of Topliss-reactive ketones (excluding diaryl/α,β-unsaturated/α-hetero) is 1. The molecule has 0 aromatic heterocycles. The molecule has 0 aromatic carbocycles. The summed E-state index contributed by atoms with van der Waals surface area (Å²) in [7, 11) is -1.61. The van der Waals surface area contributed by atoms with Crippen molar-refractivity contribution in [2.45, 2.75) is 122 Å². The Morgan fingerprint density at radius 1 is 0.760 bits per heavy atom. The highest BCUT2D eigenvalue weighted by Gasteiger charge is 2.31. The predicted molar refractivity (Wildman–Crippen MR) is 110 cm³/mol. The van der Waals surface area contributed by atoms with Crippen LogP contribution in [0.2, 0.25) is 25.2 Å². The molecule has 1 N–H and O–H groups in total. The van der Waals surface area contributed by atoms with Crippen molar-refractivity contribution in [1.82, 2.24) is 0 Å². The highest BCUT2D eigenvalue weighted by atomic mass is 28.3. The minimum absolute atomic E-state index is 0.119. The maximum absolute atomic E-state index is 11.8. The second-order valence-electron chi connectivity index (χ2n) is 8.62. The average Bonchev–Trinajstić information content (AvgIpc) is 2.51. The zero-order chi connectivity index (χ0) is 19.1. The molecule has 0 fully saturated rings. The minimum Gasteiger partial charge on any atom is -0.481 e. The maximum atomic E-state index is 11.8. The van der Waals surface area contributed by atoms with Crippen molar-refractivity contribution in [2.24, 2.45) is 0 Å². The van der Waals surface area contributed by atoms with Gasteiger partial charge < -0.3 is 5.11 Å². The first kappa shape index (κ1) is 24.4. The number of rotatable bonds is 17. The molecule has 0 radical (unpaired) electrons. The number of hydrogen-bond donors (Lipinski definition) is 1. The van der Waals surface area contributed by atoms with E-state index in [9.17, 15) is 14.7 Å². The van der Waals surface area contributed by atoms with Crippen molar-refractivity contribution in [3.63, 3.8) is 0 Å². The number of unbranched alkanes of at least 4 members (excludes halogenated alkanes) is 9. The molecular weight excluding hydrogens is 328 g/mol. The normalized spacial score (nSPS) is 13.0. The van der Waals surface area contributed by atoms with Crippen LogP contribution >= 0.6 is 0 Å². The largest absolute Gasteiger partial charge is 0.481 e. The molecule has 0 aromatic rings. The number of aliphatic carboxylic acids is 1. The van der Waals surface area contributed by atoms with Crippen LogP contribution < -0.4 is 0 Å². The van der Waals surface area contributed by atoms with Crippen LogP contribution in [0.5, 0.6) is 0 Å². The third-order valence-electron chi connectivity index (χ3n) is 5.10. The SMILES string of the molecule is CCCCCCCCC(=O)CCCCCCCC(C(=O)O)[Si](C)(C)C. The first-order valence-electron chi connectivity index (χ1n) is 10.5. The Balaban J connectivity index is 3.54. The lowest BCUT2D eigenvalue weighted by atomic mass is 10.0. The number of carboxylic acid groups (broad SMARTS) is 1. The van der Waals surface area contributed by atoms with Crippen LogP contribution in [0.3, 0.4) is 0 Å². The quantitative estimate of drug-likeness (QED) is 0.225. The summed E-state index contributed by atoms with van der Waals surface area (Å²) in [5, 5.41) is 9.34. The van der Waals surface area contributed by atoms with Gasteiger partial charge in [0.15, 0.2) is 0 Å². The summed E-state index contributed by atoms with van der Waals surface area (Å²) in [6, 6.07) is 0. The fourth-order valence-corrected chi connectivity index (χ4v) is 5.17. The summed E-state index contributed by atoms with van der Waals surface area (Å²) in [5.74, 6) is -0.181. The smallest absolute Gasteiger partial charge is 0.303 e. The van der Waals surface area contributed by atoms with Gasteiger partial charge in [0.2, 0.25) is 0 Å². The molecule has 0 amide bonds. The molecule has 148 valence electrons. The first-order chi connectivity index (χ1) is 11.8. The van der Waals surface area contributed by atoms with Gasteiger partial charge in [-0.25, -0.2) is 0 Å². The van der Waals surface area contributed by atoms with Gasteiger partial charge in [-0.05, 0) is 19.3 Å². The molecule has 1 unspecified atom stereocenters. The molecule has 1 atom stereocenters. The van der Waals surface area contributed by atoms with E-state index in [1.807, 2.05) is 0 Å². The van der Waals surface area contributed by atoms with E-state index in [1.54, 1.807) is 0 Å². The molecule has 0 heterocycles. The zero-order valence-electron chi connectivity index (χ0n) is 17.2. The molecule has 0 saturated carbocycles. The van der Waals surface area contributed by atoms with Crippen LogP contribution in [0.4, 0.5) is 0 Å². The highest BCUT2D eigenvalue weighted by Crippen LogP contribution is 2.28. The van der Waals surface area contributed by atoms with Gasteiger partial charge in [-0.3, -0.25) is 9.59 Å². The van der Waals surface area contributed by atoms with Gasteiger partial charge >= 0.3 is 5.97 Å². The van der Waals surface area contributed by atoms with Gasteiger partial charge in [0.1, 0.15) is 5.78 Å². The van der Waals surface area contributed by atoms with Gasteiger partial charge in [-0.1, -0.05) is 84.4 Å². The lowest BCUT2D eigenvalue weighted by molar-refractivity contribution is -0.137. The van der Waals surface area contributed by atoms with Crippen molar-refractivity contribution in [2.75, 3.05) is 0 Å². The maximum Gasteiger partial charge on any atom is 0.303 e. The molecule has 0 aliphatic rings. The van der Waals surface area contributed by atoms with E-state index in [0.29, 0.717) is 5.78 Å². The fraction of sp³-hybridized carbons (Fsp3) is 0.905. The van der Waals surface area contributed by atoms with Crippen LogP contribution in [0, 0.1) is 0 Å². The lowest BCUT2D eigenvalue weighted by Crippen LogP contribution is -2.33. The minimum atomic E-state index is -1.61. The number of hydrogen-bond acceptors (Lipinski definition) is 2. The molecule has 0 aliphatic heterocycles. The van der Waals surface area contributed by atoms with Gasteiger partial charge in [-0.2, -0.15) is 0 Å². The van der Waals surface area contributed by atoms with Crippen molar-refractivity contribution in [1.29, 1.82) is 0 Å². The standard InChI is InChI=1S/C21H42O3Si/c1-5-6-7-8-10-13-16-19(22)17-14-11-9-12-15-18-20(21(23)24)25(2,3)4/h20H,5-18H2,1-4H3,(H,23,24). The Morgan fingerprint density at radius 3 is 1.64 bits per heavy atom. The molecule has 25 heavy (non-hydrogen) atoms. The second kappa shape index (κ2) is 14.5. The molecule has 0 aliphatic carbocycles. The molecule has 0 bridgehead atoms. The first-order valence-corrected chi connectivity index (χ1v) is 14.1. The number of ketones is 1. The lowest BCUT2D eigenvalue weighted by Gasteiger charge is -2.24. The van der Waals surface area contributed by atoms with Gasteiger partial charge in [-0.15, -0.1) is 0 Å². The summed E-state index contributed by atoms with van der Waals surface area (Å²) in [6.45, 7) is 8.64. The summed E-state index contributed by atoms with van der Waals surface area (Å²) in [4.78, 5) is 23.2. The van der Waals surface area contributed by atoms with Crippen molar-refractivity contribution < 1.29 is 14.7 Å². The number of carboxylic acids is 1. The molecular formula is C21H42O3Si. The zero-order valence-corrected chi connectivity index (χ0v) is 18.2. The summed E-state index contributed by atoms with van der Waals surface area (Å²) in [5.41, 5.74) is -0.119. The molecule has 3 nitrogen and oxygen atoms in total. The second-order valence-corrected chi connectivity index (χ2v) is 14.0. The summed E-state index contributed by atoms with van der Waals surface area (Å²) >= 11 is 0. The monoisotopic (exact) mass is 370 g/mol. The van der Waals surface area contributed by atoms with Crippen LogP contribution in [0.1, 0.15) is 96.8 Å². The highest BCUT2D eigenvalue weighted by molar-refractivity contribution is 6.80. The van der Waals surface area contributed by atoms with E-state index in [-0.39, 0.29) is 5.54 Å². The van der Waals surface area contributed by atoms with E-state index in [4.69, 9.17) is 0 Å². The van der Waals surface area contributed by atoms with E-state index in [0.717, 1.165) is 57.8 Å². The van der Waals surface area contributed by atoms with Gasteiger partial charge in [0.25, 0.3) is 0 Å². The fourth-order valence-electron chi connectivity index (χ4n) is 3.36. The number of carbonyl (C=O) groups excluding carboxylic acids is 1.